The summed E-state index contributed by atoms with van der Waals surface area (Å²) in [5.74, 6) is 0. The zero-order chi connectivity index (χ0) is 19.5. The highest BCUT2D eigenvalue weighted by Gasteiger charge is 2.18. The topological polar surface area (TPSA) is 36.3 Å². The first-order valence-electron chi connectivity index (χ1n) is 10.1. The summed E-state index contributed by atoms with van der Waals surface area (Å²) in [5.41, 5.74) is 5.68. The van der Waals surface area contributed by atoms with Gasteiger partial charge in [-0.3, -0.25) is 0 Å². The van der Waals surface area contributed by atoms with Crippen molar-refractivity contribution < 1.29 is 0 Å². The number of nitrogens with one attached hydrogen (secondary N) is 1. The van der Waals surface area contributed by atoms with Crippen LogP contribution in [0, 0.1) is 0 Å². The summed E-state index contributed by atoms with van der Waals surface area (Å²) in [6, 6.07) is 12.9. The fourth-order valence-corrected chi connectivity index (χ4v) is 3.94. The quantitative estimate of drug-likeness (QED) is 0.716. The Morgan fingerprint density at radius 3 is 2.50 bits per heavy atom. The van der Waals surface area contributed by atoms with Gasteiger partial charge < -0.3 is 19.7 Å². The monoisotopic (exact) mass is 375 g/mol. The molecule has 0 saturated carbocycles. The number of piperazine rings is 1. The Morgan fingerprint density at radius 1 is 1.07 bits per heavy atom. The Bertz CT molecular complexity index is 949. The molecule has 5 nitrogen and oxygen atoms in total. The molecule has 0 aliphatic carbocycles. The zero-order valence-electron chi connectivity index (χ0n) is 16.9. The van der Waals surface area contributed by atoms with Gasteiger partial charge in [0.15, 0.2) is 0 Å². The van der Waals surface area contributed by atoms with Gasteiger partial charge in [0.25, 0.3) is 0 Å². The summed E-state index contributed by atoms with van der Waals surface area (Å²) in [5, 5.41) is 4.34. The maximum Gasteiger partial charge on any atom is 0.142 e. The van der Waals surface area contributed by atoms with Crippen LogP contribution in [0.1, 0.15) is 18.1 Å². The molecule has 5 heteroatoms. The molecule has 0 amide bonds. The van der Waals surface area contributed by atoms with Crippen LogP contribution in [0.5, 0.6) is 0 Å². The Hall–Kier alpha value is -2.79. The smallest absolute Gasteiger partial charge is 0.142 e. The molecule has 1 N–H and O–H groups in total. The molecule has 0 unspecified atom stereocenters. The molecule has 0 bridgehead atoms. The molecule has 0 spiro atoms. The van der Waals surface area contributed by atoms with Crippen molar-refractivity contribution in [2.24, 2.45) is 0 Å². The molecule has 3 aromatic rings. The van der Waals surface area contributed by atoms with Crippen molar-refractivity contribution in [3.8, 4) is 0 Å². The number of rotatable bonds is 6. The van der Waals surface area contributed by atoms with E-state index in [-0.39, 0.29) is 0 Å². The lowest BCUT2D eigenvalue weighted by Gasteiger charge is -2.35. The fraction of sp³-hybridized carbons (Fsp3) is 0.348. The van der Waals surface area contributed by atoms with Gasteiger partial charge in [-0.15, -0.1) is 0 Å². The van der Waals surface area contributed by atoms with E-state index >= 15 is 0 Å². The molecule has 1 aromatic carbocycles. The van der Waals surface area contributed by atoms with E-state index in [1.54, 1.807) is 0 Å². The highest BCUT2D eigenvalue weighted by Crippen LogP contribution is 2.27. The van der Waals surface area contributed by atoms with Gasteiger partial charge in [0, 0.05) is 68.9 Å². The molecule has 146 valence electrons. The predicted octanol–water partition coefficient (Wildman–Crippen LogP) is 3.42. The standard InChI is InChI=1S/C23H29N5/c1-4-26-13-15-27(16-14-26)22-9-11-25-23-21(22)10-12-28(23)17-19-5-7-20(8-6-19)18(2)24-3/h5-12,24H,2,4,13-17H2,1,3H3. The summed E-state index contributed by atoms with van der Waals surface area (Å²) in [7, 11) is 1.90. The molecule has 1 saturated heterocycles. The van der Waals surface area contributed by atoms with Crippen LogP contribution in [-0.2, 0) is 6.54 Å². The van der Waals surface area contributed by atoms with Crippen LogP contribution in [0.15, 0.2) is 55.4 Å². The third-order valence-corrected chi connectivity index (χ3v) is 5.76. The number of hydrogen-bond donors (Lipinski definition) is 1. The lowest BCUT2D eigenvalue weighted by atomic mass is 10.1. The number of pyridine rings is 1. The Labute approximate surface area is 167 Å². The number of nitrogens with zero attached hydrogens (tertiary/aromatic N) is 4. The highest BCUT2D eigenvalue weighted by molar-refractivity contribution is 5.90. The summed E-state index contributed by atoms with van der Waals surface area (Å²) in [6.07, 6.45) is 4.10. The highest BCUT2D eigenvalue weighted by atomic mass is 15.3. The minimum Gasteiger partial charge on any atom is -0.388 e. The van der Waals surface area contributed by atoms with Gasteiger partial charge in [-0.05, 0) is 29.8 Å². The third kappa shape index (κ3) is 3.62. The second kappa shape index (κ2) is 8.07. The average molecular weight is 376 g/mol. The molecule has 28 heavy (non-hydrogen) atoms. The minimum atomic E-state index is 0.815. The maximum absolute atomic E-state index is 4.68. The van der Waals surface area contributed by atoms with E-state index in [1.807, 2.05) is 13.2 Å². The Morgan fingerprint density at radius 2 is 1.82 bits per heavy atom. The number of aromatic nitrogens is 2. The van der Waals surface area contributed by atoms with Crippen LogP contribution in [0.25, 0.3) is 16.7 Å². The fourth-order valence-electron chi connectivity index (χ4n) is 3.94. The van der Waals surface area contributed by atoms with Crippen molar-refractivity contribution in [2.45, 2.75) is 13.5 Å². The van der Waals surface area contributed by atoms with Crippen molar-refractivity contribution in [3.05, 3.63) is 66.5 Å². The normalized spacial score (nSPS) is 15.1. The van der Waals surface area contributed by atoms with Gasteiger partial charge in [0.1, 0.15) is 5.65 Å². The second-order valence-electron chi connectivity index (χ2n) is 7.36. The van der Waals surface area contributed by atoms with Crippen LogP contribution < -0.4 is 10.2 Å². The lowest BCUT2D eigenvalue weighted by molar-refractivity contribution is 0.271. The van der Waals surface area contributed by atoms with Crippen molar-refractivity contribution in [2.75, 3.05) is 44.7 Å². The maximum atomic E-state index is 4.68. The Balaban J connectivity index is 1.56. The molecule has 1 fully saturated rings. The summed E-state index contributed by atoms with van der Waals surface area (Å²) in [4.78, 5) is 9.69. The van der Waals surface area contributed by atoms with Gasteiger partial charge >= 0.3 is 0 Å². The van der Waals surface area contributed by atoms with Gasteiger partial charge in [-0.25, -0.2) is 4.98 Å². The zero-order valence-corrected chi connectivity index (χ0v) is 16.9. The number of hydrogen-bond acceptors (Lipinski definition) is 4. The van der Waals surface area contributed by atoms with Crippen LogP contribution in [0.4, 0.5) is 5.69 Å². The predicted molar refractivity (Wildman–Crippen MR) is 118 cm³/mol. The molecule has 0 radical (unpaired) electrons. The molecule has 4 rings (SSSR count). The SMILES string of the molecule is C=C(NC)c1ccc(Cn2ccc3c(N4CCN(CC)CC4)ccnc32)cc1. The van der Waals surface area contributed by atoms with Crippen LogP contribution >= 0.6 is 0 Å². The van der Waals surface area contributed by atoms with E-state index in [2.05, 4.69) is 80.8 Å². The first-order chi connectivity index (χ1) is 13.7. The second-order valence-corrected chi connectivity index (χ2v) is 7.36. The van der Waals surface area contributed by atoms with E-state index in [0.29, 0.717) is 0 Å². The van der Waals surface area contributed by atoms with E-state index < -0.39 is 0 Å². The van der Waals surface area contributed by atoms with Crippen LogP contribution in [-0.4, -0.2) is 54.2 Å². The summed E-state index contributed by atoms with van der Waals surface area (Å²) in [6.45, 7) is 12.6. The van der Waals surface area contributed by atoms with Crippen molar-refractivity contribution in [3.63, 3.8) is 0 Å². The summed E-state index contributed by atoms with van der Waals surface area (Å²) < 4.78 is 2.24. The van der Waals surface area contributed by atoms with Gasteiger partial charge in [0.2, 0.25) is 0 Å². The van der Waals surface area contributed by atoms with Crippen molar-refractivity contribution in [1.29, 1.82) is 0 Å². The first-order valence-corrected chi connectivity index (χ1v) is 10.1. The molecular formula is C23H29N5. The number of benzene rings is 1. The number of anilines is 1. The number of fused-ring (bicyclic) bond motifs is 1. The molecule has 1 aliphatic rings. The van der Waals surface area contributed by atoms with Gasteiger partial charge in [-0.2, -0.15) is 0 Å². The Kier molecular flexibility index (Phi) is 5.35. The molecule has 0 atom stereocenters. The summed E-state index contributed by atoms with van der Waals surface area (Å²) >= 11 is 0. The van der Waals surface area contributed by atoms with E-state index in [9.17, 15) is 0 Å². The average Bonchev–Trinajstić information content (AvgIpc) is 3.16. The van der Waals surface area contributed by atoms with Gasteiger partial charge in [0.05, 0.1) is 0 Å². The van der Waals surface area contributed by atoms with Crippen molar-refractivity contribution in [1.82, 2.24) is 19.8 Å². The molecule has 3 heterocycles. The van der Waals surface area contributed by atoms with Crippen LogP contribution in [0.3, 0.4) is 0 Å². The number of likely N-dealkylation sites (N-methyl/N-ethyl adjacent to an activating group) is 1. The third-order valence-electron chi connectivity index (χ3n) is 5.76. The van der Waals surface area contributed by atoms with Gasteiger partial charge in [-0.1, -0.05) is 37.8 Å². The van der Waals surface area contributed by atoms with E-state index in [1.165, 1.54) is 16.6 Å². The lowest BCUT2D eigenvalue weighted by Crippen LogP contribution is -2.46. The minimum absolute atomic E-state index is 0.815. The first kappa shape index (κ1) is 18.6. The van der Waals surface area contributed by atoms with Crippen molar-refractivity contribution >= 4 is 22.4 Å². The van der Waals surface area contributed by atoms with E-state index in [0.717, 1.165) is 56.2 Å². The van der Waals surface area contributed by atoms with E-state index in [4.69, 9.17) is 0 Å². The van der Waals surface area contributed by atoms with Crippen LogP contribution in [0.2, 0.25) is 0 Å². The molecule has 2 aromatic heterocycles. The largest absolute Gasteiger partial charge is 0.388 e. The molecule has 1 aliphatic heterocycles. The molecular weight excluding hydrogens is 346 g/mol.